The van der Waals surface area contributed by atoms with Gasteiger partial charge >= 0.3 is 0 Å². The smallest absolute Gasteiger partial charge is 0.196 e. The summed E-state index contributed by atoms with van der Waals surface area (Å²) in [6.07, 6.45) is 0. The third-order valence-electron chi connectivity index (χ3n) is 2.78. The van der Waals surface area contributed by atoms with Crippen LogP contribution in [0.4, 0.5) is 14.5 Å². The number of benzene rings is 2. The Morgan fingerprint density at radius 1 is 1.16 bits per heavy atom. The van der Waals surface area contributed by atoms with Gasteiger partial charge < -0.3 is 5.73 Å². The first-order chi connectivity index (χ1) is 8.91. The molecule has 0 aromatic heterocycles. The van der Waals surface area contributed by atoms with Gasteiger partial charge in [-0.05, 0) is 36.8 Å². The van der Waals surface area contributed by atoms with Gasteiger partial charge in [-0.15, -0.1) is 0 Å². The van der Waals surface area contributed by atoms with E-state index in [2.05, 4.69) is 0 Å². The van der Waals surface area contributed by atoms with Gasteiger partial charge in [-0.2, -0.15) is 0 Å². The van der Waals surface area contributed by atoms with Crippen LogP contribution in [0, 0.1) is 18.6 Å². The zero-order chi connectivity index (χ0) is 14.2. The van der Waals surface area contributed by atoms with Gasteiger partial charge in [0.15, 0.2) is 17.4 Å². The predicted molar refractivity (Wildman–Crippen MR) is 70.4 cm³/mol. The molecular formula is C14H10ClF2NO. The molecule has 0 spiro atoms. The van der Waals surface area contributed by atoms with E-state index in [0.29, 0.717) is 5.69 Å². The molecule has 0 fully saturated rings. The number of carbonyl (C=O) groups excluding carboxylic acids is 1. The summed E-state index contributed by atoms with van der Waals surface area (Å²) in [6, 6.07) is 6.79. The maximum atomic E-state index is 13.7. The van der Waals surface area contributed by atoms with Crippen LogP contribution in [0.3, 0.4) is 0 Å². The van der Waals surface area contributed by atoms with Crippen molar-refractivity contribution in [1.82, 2.24) is 0 Å². The summed E-state index contributed by atoms with van der Waals surface area (Å²) in [4.78, 5) is 12.1. The standard InChI is InChI=1S/C14H10ClF2NO/c1-7-2-4-9(13(17)12(7)16)14(19)8-3-5-11(18)10(15)6-8/h2-6H,18H2,1H3. The number of halogens is 3. The number of anilines is 1. The highest BCUT2D eigenvalue weighted by Gasteiger charge is 2.19. The number of ketones is 1. The molecule has 19 heavy (non-hydrogen) atoms. The summed E-state index contributed by atoms with van der Waals surface area (Å²) in [6.45, 7) is 1.42. The van der Waals surface area contributed by atoms with Crippen molar-refractivity contribution in [1.29, 1.82) is 0 Å². The molecule has 0 heterocycles. The molecule has 0 aliphatic rings. The lowest BCUT2D eigenvalue weighted by atomic mass is 10.0. The van der Waals surface area contributed by atoms with Gasteiger partial charge in [-0.3, -0.25) is 4.79 Å². The molecule has 98 valence electrons. The van der Waals surface area contributed by atoms with E-state index in [-0.39, 0.29) is 21.7 Å². The largest absolute Gasteiger partial charge is 0.398 e. The maximum Gasteiger partial charge on any atom is 0.196 e. The van der Waals surface area contributed by atoms with Gasteiger partial charge in [0.1, 0.15) is 0 Å². The Labute approximate surface area is 113 Å². The minimum absolute atomic E-state index is 0.143. The molecule has 2 nitrogen and oxygen atoms in total. The highest BCUT2D eigenvalue weighted by atomic mass is 35.5. The molecule has 0 saturated carbocycles. The van der Waals surface area contributed by atoms with E-state index in [1.165, 1.54) is 37.3 Å². The lowest BCUT2D eigenvalue weighted by molar-refractivity contribution is 0.103. The molecule has 0 radical (unpaired) electrons. The third-order valence-corrected chi connectivity index (χ3v) is 3.11. The van der Waals surface area contributed by atoms with Crippen molar-refractivity contribution in [2.75, 3.05) is 5.73 Å². The van der Waals surface area contributed by atoms with Gasteiger partial charge in [-0.1, -0.05) is 17.7 Å². The third kappa shape index (κ3) is 2.44. The molecule has 2 aromatic carbocycles. The first-order valence-electron chi connectivity index (χ1n) is 5.46. The molecule has 0 unspecified atom stereocenters. The number of aryl methyl sites for hydroxylation is 1. The second kappa shape index (κ2) is 4.97. The van der Waals surface area contributed by atoms with Crippen molar-refractivity contribution in [2.24, 2.45) is 0 Å². The zero-order valence-electron chi connectivity index (χ0n) is 10.0. The molecule has 0 aliphatic carbocycles. The Balaban J connectivity index is 2.50. The van der Waals surface area contributed by atoms with Gasteiger partial charge in [0.25, 0.3) is 0 Å². The lowest BCUT2D eigenvalue weighted by Gasteiger charge is -2.06. The average molecular weight is 282 g/mol. The van der Waals surface area contributed by atoms with E-state index in [1.807, 2.05) is 0 Å². The minimum Gasteiger partial charge on any atom is -0.398 e. The van der Waals surface area contributed by atoms with Crippen molar-refractivity contribution in [3.05, 3.63) is 63.7 Å². The van der Waals surface area contributed by atoms with Crippen LogP contribution in [0.1, 0.15) is 21.5 Å². The summed E-state index contributed by atoms with van der Waals surface area (Å²) < 4.78 is 27.2. The highest BCUT2D eigenvalue weighted by Crippen LogP contribution is 2.23. The Morgan fingerprint density at radius 3 is 2.47 bits per heavy atom. The first kappa shape index (κ1) is 13.5. The Hall–Kier alpha value is -1.94. The molecule has 0 aliphatic heterocycles. The molecule has 2 rings (SSSR count). The van der Waals surface area contributed by atoms with Crippen molar-refractivity contribution < 1.29 is 13.6 Å². The van der Waals surface area contributed by atoms with Crippen LogP contribution in [0.2, 0.25) is 5.02 Å². The Kier molecular flexibility index (Phi) is 3.53. The molecule has 5 heteroatoms. The average Bonchev–Trinajstić information content (AvgIpc) is 2.39. The topological polar surface area (TPSA) is 43.1 Å². The van der Waals surface area contributed by atoms with E-state index < -0.39 is 17.4 Å². The van der Waals surface area contributed by atoms with E-state index in [4.69, 9.17) is 17.3 Å². The Morgan fingerprint density at radius 2 is 1.84 bits per heavy atom. The first-order valence-corrected chi connectivity index (χ1v) is 5.84. The van der Waals surface area contributed by atoms with Crippen LogP contribution < -0.4 is 5.73 Å². The summed E-state index contributed by atoms with van der Waals surface area (Å²) in [5, 5.41) is 0.193. The normalized spacial score (nSPS) is 10.5. The number of rotatable bonds is 2. The van der Waals surface area contributed by atoms with Crippen molar-refractivity contribution >= 4 is 23.1 Å². The molecule has 2 N–H and O–H groups in total. The van der Waals surface area contributed by atoms with Crippen molar-refractivity contribution in [3.8, 4) is 0 Å². The molecule has 0 saturated heterocycles. The molecule has 0 amide bonds. The van der Waals surface area contributed by atoms with E-state index in [1.54, 1.807) is 0 Å². The van der Waals surface area contributed by atoms with Crippen LogP contribution >= 0.6 is 11.6 Å². The minimum atomic E-state index is -1.15. The summed E-state index contributed by atoms with van der Waals surface area (Å²) in [5.74, 6) is -2.82. The fourth-order valence-corrected chi connectivity index (χ4v) is 1.83. The highest BCUT2D eigenvalue weighted by molar-refractivity contribution is 6.33. The number of carbonyl (C=O) groups is 1. The summed E-state index contributed by atoms with van der Waals surface area (Å²) in [7, 11) is 0. The second-order valence-corrected chi connectivity index (χ2v) is 4.53. The summed E-state index contributed by atoms with van der Waals surface area (Å²) >= 11 is 5.80. The van der Waals surface area contributed by atoms with Crippen LogP contribution in [0.25, 0.3) is 0 Å². The predicted octanol–water partition coefficient (Wildman–Crippen LogP) is 3.74. The fourth-order valence-electron chi connectivity index (χ4n) is 1.65. The Bertz CT molecular complexity index is 671. The van der Waals surface area contributed by atoms with Crippen molar-refractivity contribution in [2.45, 2.75) is 6.92 Å². The van der Waals surface area contributed by atoms with Gasteiger partial charge in [0.05, 0.1) is 16.3 Å². The zero-order valence-corrected chi connectivity index (χ0v) is 10.8. The number of nitrogen functional groups attached to an aromatic ring is 1. The fraction of sp³-hybridized carbons (Fsp3) is 0.0714. The molecule has 2 aromatic rings. The van der Waals surface area contributed by atoms with E-state index in [0.717, 1.165) is 0 Å². The number of hydrogen-bond acceptors (Lipinski definition) is 2. The second-order valence-electron chi connectivity index (χ2n) is 4.12. The molecular weight excluding hydrogens is 272 g/mol. The maximum absolute atomic E-state index is 13.7. The molecule has 0 atom stereocenters. The van der Waals surface area contributed by atoms with Gasteiger partial charge in [0.2, 0.25) is 0 Å². The van der Waals surface area contributed by atoms with Gasteiger partial charge in [0, 0.05) is 5.56 Å². The number of nitrogens with two attached hydrogens (primary N) is 1. The summed E-state index contributed by atoms with van der Waals surface area (Å²) in [5.41, 5.74) is 5.81. The quantitative estimate of drug-likeness (QED) is 0.673. The van der Waals surface area contributed by atoms with Crippen LogP contribution in [0.5, 0.6) is 0 Å². The lowest BCUT2D eigenvalue weighted by Crippen LogP contribution is -2.07. The van der Waals surface area contributed by atoms with E-state index >= 15 is 0 Å². The van der Waals surface area contributed by atoms with Gasteiger partial charge in [-0.25, -0.2) is 8.78 Å². The van der Waals surface area contributed by atoms with Crippen molar-refractivity contribution in [3.63, 3.8) is 0 Å². The van der Waals surface area contributed by atoms with Crippen LogP contribution in [-0.2, 0) is 0 Å². The number of hydrogen-bond donors (Lipinski definition) is 1. The molecule has 0 bridgehead atoms. The van der Waals surface area contributed by atoms with Crippen LogP contribution in [0.15, 0.2) is 30.3 Å². The van der Waals surface area contributed by atoms with Crippen LogP contribution in [-0.4, -0.2) is 5.78 Å². The SMILES string of the molecule is Cc1ccc(C(=O)c2ccc(N)c(Cl)c2)c(F)c1F. The van der Waals surface area contributed by atoms with E-state index in [9.17, 15) is 13.6 Å². The monoisotopic (exact) mass is 281 g/mol.